The maximum absolute atomic E-state index is 5.51. The summed E-state index contributed by atoms with van der Waals surface area (Å²) in [5.74, 6) is 1.87. The molecule has 1 saturated heterocycles. The monoisotopic (exact) mass is 338 g/mol. The molecule has 24 heavy (non-hydrogen) atoms. The molecule has 0 radical (unpaired) electrons. The molecule has 1 aliphatic carbocycles. The van der Waals surface area contributed by atoms with Crippen molar-refractivity contribution in [1.29, 1.82) is 0 Å². The summed E-state index contributed by atoms with van der Waals surface area (Å²) in [6.07, 6.45) is 7.71. The Morgan fingerprint density at radius 3 is 2.62 bits per heavy atom. The summed E-state index contributed by atoms with van der Waals surface area (Å²) in [6.45, 7) is 11.9. The molecule has 0 bridgehead atoms. The van der Waals surface area contributed by atoms with E-state index < -0.39 is 0 Å². The lowest BCUT2D eigenvalue weighted by Gasteiger charge is -2.30. The van der Waals surface area contributed by atoms with Gasteiger partial charge in [-0.2, -0.15) is 0 Å². The van der Waals surface area contributed by atoms with Crippen molar-refractivity contribution in [3.63, 3.8) is 0 Å². The van der Waals surface area contributed by atoms with Crippen LogP contribution in [-0.4, -0.2) is 63.8 Å². The second-order valence-corrected chi connectivity index (χ2v) is 7.68. The first-order chi connectivity index (χ1) is 11.7. The van der Waals surface area contributed by atoms with Gasteiger partial charge in [0, 0.05) is 33.4 Å². The number of guanidine groups is 1. The van der Waals surface area contributed by atoms with E-state index in [0.29, 0.717) is 5.41 Å². The summed E-state index contributed by atoms with van der Waals surface area (Å²) in [5, 5.41) is 6.98. The number of ether oxygens (including phenoxy) is 1. The van der Waals surface area contributed by atoms with Crippen molar-refractivity contribution >= 4 is 5.96 Å². The number of aliphatic imine (C=N–C) groups is 1. The molecule has 1 aliphatic heterocycles. The highest BCUT2D eigenvalue weighted by atomic mass is 16.5. The quantitative estimate of drug-likeness (QED) is 0.365. The van der Waals surface area contributed by atoms with Gasteiger partial charge < -0.3 is 20.3 Å². The topological polar surface area (TPSA) is 48.9 Å². The average Bonchev–Trinajstić information content (AvgIpc) is 3.36. The van der Waals surface area contributed by atoms with Gasteiger partial charge in [-0.05, 0) is 76.4 Å². The van der Waals surface area contributed by atoms with Crippen molar-refractivity contribution < 1.29 is 4.74 Å². The summed E-state index contributed by atoms with van der Waals surface area (Å²) in [5.41, 5.74) is 0.456. The summed E-state index contributed by atoms with van der Waals surface area (Å²) in [6, 6.07) is 0. The molecule has 2 aliphatic rings. The second kappa shape index (κ2) is 10.2. The Labute approximate surface area is 148 Å². The first-order valence-electron chi connectivity index (χ1n) is 9.92. The highest BCUT2D eigenvalue weighted by Crippen LogP contribution is 2.48. The van der Waals surface area contributed by atoms with Gasteiger partial charge in [0.2, 0.25) is 0 Å². The standard InChI is InChI=1S/C19H38N4O/c1-4-24-15-10-19(8-9-19)16-22-18(20-3)21-11-5-12-23-13-6-17(2)7-14-23/h17H,4-16H2,1-3H3,(H2,20,21,22). The van der Waals surface area contributed by atoms with Crippen LogP contribution < -0.4 is 10.6 Å². The molecule has 0 aromatic carbocycles. The van der Waals surface area contributed by atoms with Gasteiger partial charge in [0.25, 0.3) is 0 Å². The molecular weight excluding hydrogens is 300 g/mol. The fraction of sp³-hybridized carbons (Fsp3) is 0.947. The van der Waals surface area contributed by atoms with Crippen molar-refractivity contribution in [3.8, 4) is 0 Å². The zero-order valence-corrected chi connectivity index (χ0v) is 16.1. The van der Waals surface area contributed by atoms with Gasteiger partial charge in [-0.3, -0.25) is 4.99 Å². The number of likely N-dealkylation sites (tertiary alicyclic amines) is 1. The molecule has 1 heterocycles. The Morgan fingerprint density at radius 1 is 1.25 bits per heavy atom. The van der Waals surface area contributed by atoms with Crippen LogP contribution in [0.5, 0.6) is 0 Å². The van der Waals surface area contributed by atoms with Crippen LogP contribution in [0.2, 0.25) is 0 Å². The Kier molecular flexibility index (Phi) is 8.33. The molecule has 5 nitrogen and oxygen atoms in total. The van der Waals surface area contributed by atoms with Crippen LogP contribution in [0.15, 0.2) is 4.99 Å². The van der Waals surface area contributed by atoms with E-state index in [1.54, 1.807) is 0 Å². The third-order valence-corrected chi connectivity index (χ3v) is 5.61. The fourth-order valence-corrected chi connectivity index (χ4v) is 3.41. The fourth-order valence-electron chi connectivity index (χ4n) is 3.41. The lowest BCUT2D eigenvalue weighted by Crippen LogP contribution is -2.42. The molecule has 0 aromatic rings. The maximum Gasteiger partial charge on any atom is 0.190 e. The zero-order valence-electron chi connectivity index (χ0n) is 16.1. The van der Waals surface area contributed by atoms with Crippen LogP contribution in [0.1, 0.15) is 52.4 Å². The number of rotatable bonds is 10. The normalized spacial score (nSPS) is 21.7. The molecule has 2 rings (SSSR count). The lowest BCUT2D eigenvalue weighted by atomic mass is 9.99. The summed E-state index contributed by atoms with van der Waals surface area (Å²) in [4.78, 5) is 6.96. The number of nitrogens with zero attached hydrogens (tertiary/aromatic N) is 2. The molecule has 140 valence electrons. The highest BCUT2D eigenvalue weighted by Gasteiger charge is 2.41. The summed E-state index contributed by atoms with van der Waals surface area (Å²) >= 11 is 0. The molecule has 0 amide bonds. The molecule has 0 aromatic heterocycles. The number of piperidine rings is 1. The van der Waals surface area contributed by atoms with E-state index in [1.165, 1.54) is 51.7 Å². The minimum absolute atomic E-state index is 0.456. The maximum atomic E-state index is 5.51. The minimum atomic E-state index is 0.456. The molecule has 1 saturated carbocycles. The van der Waals surface area contributed by atoms with Gasteiger partial charge in [-0.15, -0.1) is 0 Å². The number of hydrogen-bond acceptors (Lipinski definition) is 3. The van der Waals surface area contributed by atoms with E-state index in [1.807, 2.05) is 7.05 Å². The first kappa shape index (κ1) is 19.5. The van der Waals surface area contributed by atoms with Crippen LogP contribution >= 0.6 is 0 Å². The van der Waals surface area contributed by atoms with Gasteiger partial charge in [0.15, 0.2) is 5.96 Å². The summed E-state index contributed by atoms with van der Waals surface area (Å²) in [7, 11) is 1.86. The van der Waals surface area contributed by atoms with Gasteiger partial charge in [-0.1, -0.05) is 6.92 Å². The number of hydrogen-bond donors (Lipinski definition) is 2. The molecule has 0 unspecified atom stereocenters. The van der Waals surface area contributed by atoms with Crippen LogP contribution in [0.4, 0.5) is 0 Å². The van der Waals surface area contributed by atoms with E-state index in [0.717, 1.165) is 44.6 Å². The molecule has 2 fully saturated rings. The van der Waals surface area contributed by atoms with Crippen LogP contribution in [-0.2, 0) is 4.74 Å². The summed E-state index contributed by atoms with van der Waals surface area (Å²) < 4.78 is 5.51. The second-order valence-electron chi connectivity index (χ2n) is 7.68. The molecule has 0 spiro atoms. The van der Waals surface area contributed by atoms with Gasteiger partial charge >= 0.3 is 0 Å². The van der Waals surface area contributed by atoms with E-state index in [9.17, 15) is 0 Å². The Bertz CT molecular complexity index is 374. The first-order valence-corrected chi connectivity index (χ1v) is 9.92. The van der Waals surface area contributed by atoms with Crippen molar-refractivity contribution in [1.82, 2.24) is 15.5 Å². The van der Waals surface area contributed by atoms with E-state index in [-0.39, 0.29) is 0 Å². The van der Waals surface area contributed by atoms with Crippen LogP contribution in [0.25, 0.3) is 0 Å². The van der Waals surface area contributed by atoms with Crippen LogP contribution in [0, 0.1) is 11.3 Å². The molecule has 0 atom stereocenters. The molecular formula is C19H38N4O. The Hall–Kier alpha value is -0.810. The van der Waals surface area contributed by atoms with Gasteiger partial charge in [0.1, 0.15) is 0 Å². The largest absolute Gasteiger partial charge is 0.382 e. The van der Waals surface area contributed by atoms with Crippen molar-refractivity contribution in [2.75, 3.05) is 53.0 Å². The van der Waals surface area contributed by atoms with Gasteiger partial charge in [-0.25, -0.2) is 0 Å². The minimum Gasteiger partial charge on any atom is -0.382 e. The zero-order chi connectivity index (χ0) is 17.3. The third-order valence-electron chi connectivity index (χ3n) is 5.61. The van der Waals surface area contributed by atoms with Crippen molar-refractivity contribution in [2.45, 2.75) is 52.4 Å². The van der Waals surface area contributed by atoms with Gasteiger partial charge in [0.05, 0.1) is 0 Å². The van der Waals surface area contributed by atoms with E-state index in [4.69, 9.17) is 4.74 Å². The Balaban J connectivity index is 1.54. The molecule has 2 N–H and O–H groups in total. The predicted octanol–water partition coefficient (Wildman–Crippen LogP) is 2.48. The lowest BCUT2D eigenvalue weighted by molar-refractivity contribution is 0.128. The van der Waals surface area contributed by atoms with Crippen molar-refractivity contribution in [2.24, 2.45) is 16.3 Å². The molecule has 5 heteroatoms. The smallest absolute Gasteiger partial charge is 0.190 e. The van der Waals surface area contributed by atoms with E-state index >= 15 is 0 Å². The highest BCUT2D eigenvalue weighted by molar-refractivity contribution is 5.79. The van der Waals surface area contributed by atoms with E-state index in [2.05, 4.69) is 34.4 Å². The third kappa shape index (κ3) is 6.98. The SMILES string of the molecule is CCOCCC1(CNC(=NC)NCCCN2CCC(C)CC2)CC1. The predicted molar refractivity (Wildman–Crippen MR) is 102 cm³/mol. The van der Waals surface area contributed by atoms with Crippen molar-refractivity contribution in [3.05, 3.63) is 0 Å². The Morgan fingerprint density at radius 2 is 2.00 bits per heavy atom. The average molecular weight is 339 g/mol. The van der Waals surface area contributed by atoms with Crippen LogP contribution in [0.3, 0.4) is 0 Å². The number of nitrogens with one attached hydrogen (secondary N) is 2.